The molecule has 0 saturated carbocycles. The normalized spacial score (nSPS) is 16.6. The van der Waals surface area contributed by atoms with Gasteiger partial charge in [-0.15, -0.1) is 11.3 Å². The van der Waals surface area contributed by atoms with Crippen molar-refractivity contribution in [1.29, 1.82) is 0 Å². The number of nitrogens with zero attached hydrogens (tertiary/aromatic N) is 3. The number of hydrogen-bond donors (Lipinski definition) is 0. The summed E-state index contributed by atoms with van der Waals surface area (Å²) >= 11 is 1.84. The molecule has 1 aliphatic heterocycles. The molecule has 3 nitrogen and oxygen atoms in total. The summed E-state index contributed by atoms with van der Waals surface area (Å²) in [4.78, 5) is 8.79. The fraction of sp³-hybridized carbons (Fsp3) is 0.526. The van der Waals surface area contributed by atoms with Crippen molar-refractivity contribution >= 4 is 32.6 Å². The summed E-state index contributed by atoms with van der Waals surface area (Å²) < 4.78 is 2.50. The Hall–Kier alpha value is -1.39. The minimum absolute atomic E-state index is 1.08. The maximum absolute atomic E-state index is 4.82. The van der Waals surface area contributed by atoms with Crippen LogP contribution in [0.4, 0.5) is 0 Å². The Bertz CT molecular complexity index is 824. The zero-order valence-corrected chi connectivity index (χ0v) is 15.0. The van der Waals surface area contributed by atoms with E-state index in [1.807, 2.05) is 11.3 Å². The molecule has 0 atom stereocenters. The lowest BCUT2D eigenvalue weighted by molar-refractivity contribution is 0.222. The standard InChI is InChI=1S/C19H25N3S/c1-3-15-7-8-17-16(13-15)18-19(23-14(2)20-18)22(17)12-11-21-9-5-4-6-10-21/h7-8,13H,3-6,9-12H2,1-2H3. The van der Waals surface area contributed by atoms with E-state index < -0.39 is 0 Å². The predicted molar refractivity (Wildman–Crippen MR) is 99.5 cm³/mol. The van der Waals surface area contributed by atoms with E-state index in [0.29, 0.717) is 0 Å². The molecule has 0 radical (unpaired) electrons. The van der Waals surface area contributed by atoms with E-state index in [-0.39, 0.29) is 0 Å². The number of thiazole rings is 1. The van der Waals surface area contributed by atoms with Crippen LogP contribution in [0.25, 0.3) is 21.3 Å². The Balaban J connectivity index is 1.73. The van der Waals surface area contributed by atoms with Crippen LogP contribution < -0.4 is 0 Å². The molecule has 0 N–H and O–H groups in total. The summed E-state index contributed by atoms with van der Waals surface area (Å²) in [6, 6.07) is 6.92. The largest absolute Gasteiger partial charge is 0.330 e. The summed E-state index contributed by atoms with van der Waals surface area (Å²) in [5, 5.41) is 2.51. The highest BCUT2D eigenvalue weighted by Gasteiger charge is 2.16. The van der Waals surface area contributed by atoms with E-state index in [9.17, 15) is 0 Å². The summed E-state index contributed by atoms with van der Waals surface area (Å²) in [5.41, 5.74) is 3.96. The Morgan fingerprint density at radius 1 is 1.13 bits per heavy atom. The van der Waals surface area contributed by atoms with Crippen molar-refractivity contribution < 1.29 is 0 Å². The van der Waals surface area contributed by atoms with Gasteiger partial charge in [-0.2, -0.15) is 0 Å². The average molecular weight is 327 g/mol. The molecule has 23 heavy (non-hydrogen) atoms. The smallest absolute Gasteiger partial charge is 0.124 e. The lowest BCUT2D eigenvalue weighted by atomic mass is 10.1. The molecule has 0 amide bonds. The zero-order valence-electron chi connectivity index (χ0n) is 14.1. The maximum Gasteiger partial charge on any atom is 0.124 e. The molecule has 1 aromatic carbocycles. The summed E-state index contributed by atoms with van der Waals surface area (Å²) in [6.07, 6.45) is 5.21. The highest BCUT2D eigenvalue weighted by molar-refractivity contribution is 7.18. The van der Waals surface area contributed by atoms with Crippen LogP contribution >= 0.6 is 11.3 Å². The Labute approximate surface area is 141 Å². The van der Waals surface area contributed by atoms with Crippen molar-refractivity contribution in [2.45, 2.75) is 46.1 Å². The molecule has 2 aromatic heterocycles. The monoisotopic (exact) mass is 327 g/mol. The van der Waals surface area contributed by atoms with E-state index >= 15 is 0 Å². The zero-order chi connectivity index (χ0) is 15.8. The first-order valence-corrected chi connectivity index (χ1v) is 9.68. The highest BCUT2D eigenvalue weighted by Crippen LogP contribution is 2.33. The van der Waals surface area contributed by atoms with Crippen LogP contribution in [-0.4, -0.2) is 34.1 Å². The molecule has 4 heteroatoms. The molecular formula is C19H25N3S. The number of hydrogen-bond acceptors (Lipinski definition) is 3. The molecule has 0 spiro atoms. The summed E-state index contributed by atoms with van der Waals surface area (Å²) in [7, 11) is 0. The van der Waals surface area contributed by atoms with Gasteiger partial charge in [0, 0.05) is 18.5 Å². The molecule has 1 aliphatic rings. The van der Waals surface area contributed by atoms with E-state index in [4.69, 9.17) is 4.98 Å². The van der Waals surface area contributed by atoms with E-state index in [1.165, 1.54) is 64.2 Å². The van der Waals surface area contributed by atoms with Crippen LogP contribution in [0.3, 0.4) is 0 Å². The fourth-order valence-electron chi connectivity index (χ4n) is 3.76. The second-order valence-electron chi connectivity index (χ2n) is 6.65. The lowest BCUT2D eigenvalue weighted by Gasteiger charge is -2.26. The Morgan fingerprint density at radius 3 is 2.74 bits per heavy atom. The second kappa shape index (κ2) is 6.25. The Kier molecular flexibility index (Phi) is 4.12. The number of piperidine rings is 1. The van der Waals surface area contributed by atoms with E-state index in [2.05, 4.69) is 41.5 Å². The van der Waals surface area contributed by atoms with Crippen LogP contribution in [0.2, 0.25) is 0 Å². The molecule has 122 valence electrons. The van der Waals surface area contributed by atoms with Crippen molar-refractivity contribution in [3.05, 3.63) is 28.8 Å². The number of aryl methyl sites for hydroxylation is 2. The van der Waals surface area contributed by atoms with Crippen LogP contribution in [-0.2, 0) is 13.0 Å². The fourth-order valence-corrected chi connectivity index (χ4v) is 4.73. The predicted octanol–water partition coefficient (Wildman–Crippen LogP) is 4.61. The number of fused-ring (bicyclic) bond motifs is 3. The van der Waals surface area contributed by atoms with Gasteiger partial charge in [0.15, 0.2) is 0 Å². The molecule has 3 aromatic rings. The van der Waals surface area contributed by atoms with Gasteiger partial charge < -0.3 is 9.47 Å². The van der Waals surface area contributed by atoms with Crippen LogP contribution in [0.15, 0.2) is 18.2 Å². The molecule has 0 aliphatic carbocycles. The van der Waals surface area contributed by atoms with Crippen LogP contribution in [0.1, 0.15) is 36.8 Å². The molecular weight excluding hydrogens is 302 g/mol. The average Bonchev–Trinajstić information content (AvgIpc) is 3.09. The van der Waals surface area contributed by atoms with Crippen molar-refractivity contribution in [3.8, 4) is 0 Å². The molecule has 0 bridgehead atoms. The Morgan fingerprint density at radius 2 is 1.96 bits per heavy atom. The first-order chi connectivity index (χ1) is 11.3. The molecule has 0 unspecified atom stereocenters. The topological polar surface area (TPSA) is 21.1 Å². The summed E-state index contributed by atoms with van der Waals surface area (Å²) in [5.74, 6) is 0. The number of aromatic nitrogens is 2. The lowest BCUT2D eigenvalue weighted by Crippen LogP contribution is -2.32. The van der Waals surface area contributed by atoms with Crippen molar-refractivity contribution in [3.63, 3.8) is 0 Å². The van der Waals surface area contributed by atoms with Gasteiger partial charge >= 0.3 is 0 Å². The first kappa shape index (κ1) is 15.2. The van der Waals surface area contributed by atoms with Gasteiger partial charge in [-0.05, 0) is 57.0 Å². The van der Waals surface area contributed by atoms with E-state index in [0.717, 1.165) is 19.5 Å². The molecule has 3 heterocycles. The third kappa shape index (κ3) is 2.79. The van der Waals surface area contributed by atoms with Crippen molar-refractivity contribution in [1.82, 2.24) is 14.5 Å². The maximum atomic E-state index is 4.82. The highest BCUT2D eigenvalue weighted by atomic mass is 32.1. The quantitative estimate of drug-likeness (QED) is 0.698. The van der Waals surface area contributed by atoms with Crippen molar-refractivity contribution in [2.75, 3.05) is 19.6 Å². The molecule has 1 saturated heterocycles. The minimum Gasteiger partial charge on any atom is -0.330 e. The van der Waals surface area contributed by atoms with Gasteiger partial charge in [-0.1, -0.05) is 19.4 Å². The molecule has 4 rings (SSSR count). The first-order valence-electron chi connectivity index (χ1n) is 8.87. The molecule has 1 fully saturated rings. The van der Waals surface area contributed by atoms with Gasteiger partial charge in [-0.3, -0.25) is 0 Å². The third-order valence-corrected chi connectivity index (χ3v) is 6.06. The van der Waals surface area contributed by atoms with Gasteiger partial charge in [0.1, 0.15) is 10.3 Å². The van der Waals surface area contributed by atoms with Crippen LogP contribution in [0, 0.1) is 6.92 Å². The van der Waals surface area contributed by atoms with Crippen LogP contribution in [0.5, 0.6) is 0 Å². The minimum atomic E-state index is 1.08. The number of benzene rings is 1. The van der Waals surface area contributed by atoms with E-state index in [1.54, 1.807) is 0 Å². The third-order valence-electron chi connectivity index (χ3n) is 5.07. The van der Waals surface area contributed by atoms with Gasteiger partial charge in [0.25, 0.3) is 0 Å². The second-order valence-corrected chi connectivity index (χ2v) is 7.83. The number of rotatable bonds is 4. The van der Waals surface area contributed by atoms with Gasteiger partial charge in [-0.25, -0.2) is 4.98 Å². The SMILES string of the molecule is CCc1ccc2c(c1)c1nc(C)sc1n2CCN1CCCCC1. The van der Waals surface area contributed by atoms with Gasteiger partial charge in [0.05, 0.1) is 10.5 Å². The van der Waals surface area contributed by atoms with Gasteiger partial charge in [0.2, 0.25) is 0 Å². The van der Waals surface area contributed by atoms with Crippen molar-refractivity contribution in [2.24, 2.45) is 0 Å². The summed E-state index contributed by atoms with van der Waals surface area (Å²) in [6.45, 7) is 9.11. The number of likely N-dealkylation sites (tertiary alicyclic amines) is 1.